The van der Waals surface area contributed by atoms with Gasteiger partial charge in [0.2, 0.25) is 0 Å². The number of carbonyl (C=O) groups is 2. The normalized spacial score (nSPS) is 16.2. The minimum Gasteiger partial charge on any atom is -0.448 e. The molecule has 0 saturated carbocycles. The zero-order valence-corrected chi connectivity index (χ0v) is 15.1. The summed E-state index contributed by atoms with van der Waals surface area (Å²) in [5.74, 6) is -0.702. The van der Waals surface area contributed by atoms with Crippen molar-refractivity contribution in [2.45, 2.75) is 51.6 Å². The molecule has 25 heavy (non-hydrogen) atoms. The Morgan fingerprint density at radius 1 is 1.04 bits per heavy atom. The third-order valence-electron chi connectivity index (χ3n) is 4.97. The number of esters is 1. The smallest absolute Gasteiger partial charge is 0.349 e. The summed E-state index contributed by atoms with van der Waals surface area (Å²) < 4.78 is 5.36. The van der Waals surface area contributed by atoms with Crippen molar-refractivity contribution in [2.75, 3.05) is 5.32 Å². The molecule has 4 nitrogen and oxygen atoms in total. The Hall–Kier alpha value is -2.14. The van der Waals surface area contributed by atoms with Crippen molar-refractivity contribution < 1.29 is 14.3 Å². The summed E-state index contributed by atoms with van der Waals surface area (Å²) in [7, 11) is 0. The molecule has 0 saturated heterocycles. The van der Waals surface area contributed by atoms with E-state index in [2.05, 4.69) is 11.4 Å². The average Bonchev–Trinajstić information content (AvgIpc) is 3.29. The van der Waals surface area contributed by atoms with Crippen LogP contribution >= 0.6 is 11.3 Å². The maximum atomic E-state index is 12.3. The highest BCUT2D eigenvalue weighted by atomic mass is 32.1. The van der Waals surface area contributed by atoms with E-state index < -0.39 is 12.1 Å². The van der Waals surface area contributed by atoms with Crippen LogP contribution in [0.4, 0.5) is 5.69 Å². The van der Waals surface area contributed by atoms with Gasteiger partial charge in [-0.15, -0.1) is 11.3 Å². The number of carbonyl (C=O) groups excluding carboxylic acids is 2. The van der Waals surface area contributed by atoms with E-state index in [0.717, 1.165) is 37.8 Å². The second-order valence-corrected chi connectivity index (χ2v) is 7.92. The van der Waals surface area contributed by atoms with Gasteiger partial charge in [-0.3, -0.25) is 4.79 Å². The van der Waals surface area contributed by atoms with E-state index in [4.69, 9.17) is 4.74 Å². The Bertz CT molecular complexity index is 818. The second kappa shape index (κ2) is 6.64. The molecule has 2 aromatic rings. The van der Waals surface area contributed by atoms with Crippen molar-refractivity contribution in [2.24, 2.45) is 0 Å². The topological polar surface area (TPSA) is 55.4 Å². The number of nitrogens with one attached hydrogen (secondary N) is 1. The lowest BCUT2D eigenvalue weighted by Crippen LogP contribution is -2.29. The molecule has 1 N–H and O–H groups in total. The number of amides is 1. The van der Waals surface area contributed by atoms with Gasteiger partial charge in [-0.05, 0) is 80.3 Å². The first-order chi connectivity index (χ1) is 12.1. The average molecular weight is 355 g/mol. The quantitative estimate of drug-likeness (QED) is 0.846. The van der Waals surface area contributed by atoms with Gasteiger partial charge < -0.3 is 10.1 Å². The number of rotatable bonds is 4. The molecule has 130 valence electrons. The van der Waals surface area contributed by atoms with Crippen molar-refractivity contribution >= 4 is 28.9 Å². The Morgan fingerprint density at radius 3 is 2.64 bits per heavy atom. The molecule has 5 heteroatoms. The SMILES string of the molecule is C[C@@H](OC(=O)c1cc2c(s1)CCC2)C(=O)Nc1ccc2c(c1)CCC2. The van der Waals surface area contributed by atoms with Crippen LogP contribution in [0.15, 0.2) is 24.3 Å². The summed E-state index contributed by atoms with van der Waals surface area (Å²) in [4.78, 5) is 26.5. The summed E-state index contributed by atoms with van der Waals surface area (Å²) in [5, 5.41) is 2.85. The predicted molar refractivity (Wildman–Crippen MR) is 98.3 cm³/mol. The van der Waals surface area contributed by atoms with E-state index >= 15 is 0 Å². The molecule has 4 rings (SSSR count). The standard InChI is InChI=1S/C20H21NO3S/c1-12(24-20(23)18-11-15-6-3-7-17(15)25-18)19(22)21-16-9-8-13-4-2-5-14(13)10-16/h8-12H,2-7H2,1H3,(H,21,22)/t12-/m1/s1. The molecule has 0 radical (unpaired) electrons. The molecule has 1 aromatic heterocycles. The Kier molecular flexibility index (Phi) is 4.34. The first-order valence-corrected chi connectivity index (χ1v) is 9.67. The van der Waals surface area contributed by atoms with E-state index in [1.54, 1.807) is 6.92 Å². The molecule has 0 aliphatic heterocycles. The molecule has 1 amide bonds. The van der Waals surface area contributed by atoms with Gasteiger partial charge in [0.25, 0.3) is 5.91 Å². The molecule has 2 aliphatic rings. The highest BCUT2D eigenvalue weighted by molar-refractivity contribution is 7.14. The number of fused-ring (bicyclic) bond motifs is 2. The van der Waals surface area contributed by atoms with Crippen LogP contribution in [0, 0.1) is 0 Å². The second-order valence-electron chi connectivity index (χ2n) is 6.79. The zero-order valence-electron chi connectivity index (χ0n) is 14.3. The van der Waals surface area contributed by atoms with Crippen LogP contribution in [0.25, 0.3) is 0 Å². The molecule has 1 heterocycles. The highest BCUT2D eigenvalue weighted by Gasteiger charge is 2.23. The van der Waals surface area contributed by atoms with Crippen LogP contribution in [0.1, 0.15) is 51.0 Å². The number of hydrogen-bond acceptors (Lipinski definition) is 4. The lowest BCUT2D eigenvalue weighted by atomic mass is 10.1. The van der Waals surface area contributed by atoms with Gasteiger partial charge in [-0.2, -0.15) is 0 Å². The maximum Gasteiger partial charge on any atom is 0.349 e. The zero-order chi connectivity index (χ0) is 17.4. The van der Waals surface area contributed by atoms with Gasteiger partial charge in [-0.25, -0.2) is 4.79 Å². The fourth-order valence-electron chi connectivity index (χ4n) is 3.60. The third-order valence-corrected chi connectivity index (χ3v) is 6.18. The Morgan fingerprint density at radius 2 is 1.80 bits per heavy atom. The molecule has 0 unspecified atom stereocenters. The van der Waals surface area contributed by atoms with E-state index in [9.17, 15) is 9.59 Å². The molecule has 0 spiro atoms. The van der Waals surface area contributed by atoms with E-state index in [0.29, 0.717) is 4.88 Å². The van der Waals surface area contributed by atoms with Crippen LogP contribution in [0.3, 0.4) is 0 Å². The number of aryl methyl sites for hydroxylation is 4. The first-order valence-electron chi connectivity index (χ1n) is 8.85. The molecule has 0 bridgehead atoms. The van der Waals surface area contributed by atoms with Gasteiger partial charge in [-0.1, -0.05) is 6.07 Å². The van der Waals surface area contributed by atoms with E-state index in [1.165, 1.54) is 39.3 Å². The Balaban J connectivity index is 1.37. The highest BCUT2D eigenvalue weighted by Crippen LogP contribution is 2.31. The van der Waals surface area contributed by atoms with Crippen LogP contribution in [-0.2, 0) is 35.2 Å². The van der Waals surface area contributed by atoms with Crippen molar-refractivity contribution in [3.05, 3.63) is 50.7 Å². The summed E-state index contributed by atoms with van der Waals surface area (Å²) in [6.07, 6.45) is 5.77. The summed E-state index contributed by atoms with van der Waals surface area (Å²) in [6, 6.07) is 7.93. The minimum absolute atomic E-state index is 0.296. The van der Waals surface area contributed by atoms with Gasteiger partial charge in [0.15, 0.2) is 6.10 Å². The monoisotopic (exact) mass is 355 g/mol. The van der Waals surface area contributed by atoms with E-state index in [1.807, 2.05) is 18.2 Å². The number of thiophene rings is 1. The number of benzene rings is 1. The van der Waals surface area contributed by atoms with Crippen molar-refractivity contribution in [1.29, 1.82) is 0 Å². The number of ether oxygens (including phenoxy) is 1. The molecular formula is C20H21NO3S. The number of anilines is 1. The van der Waals surface area contributed by atoms with E-state index in [-0.39, 0.29) is 5.91 Å². The molecule has 1 aromatic carbocycles. The van der Waals surface area contributed by atoms with Gasteiger partial charge >= 0.3 is 5.97 Å². The molecule has 0 fully saturated rings. The minimum atomic E-state index is -0.822. The molecule has 1 atom stereocenters. The van der Waals surface area contributed by atoms with Gasteiger partial charge in [0.05, 0.1) is 0 Å². The first kappa shape index (κ1) is 16.3. The Labute approximate surface area is 151 Å². The van der Waals surface area contributed by atoms with Crippen molar-refractivity contribution in [3.63, 3.8) is 0 Å². The number of hydrogen-bond donors (Lipinski definition) is 1. The molecule has 2 aliphatic carbocycles. The van der Waals surface area contributed by atoms with Crippen molar-refractivity contribution in [1.82, 2.24) is 0 Å². The van der Waals surface area contributed by atoms with Gasteiger partial charge in [0, 0.05) is 10.6 Å². The lowest BCUT2D eigenvalue weighted by molar-refractivity contribution is -0.123. The summed E-state index contributed by atoms with van der Waals surface area (Å²) in [5.41, 5.74) is 4.69. The predicted octanol–water partition coefficient (Wildman–Crippen LogP) is 3.91. The third kappa shape index (κ3) is 3.33. The molecular weight excluding hydrogens is 334 g/mol. The van der Waals surface area contributed by atoms with Gasteiger partial charge in [0.1, 0.15) is 4.88 Å². The van der Waals surface area contributed by atoms with Crippen LogP contribution in [0.5, 0.6) is 0 Å². The fraction of sp³-hybridized carbons (Fsp3) is 0.400. The van der Waals surface area contributed by atoms with Crippen molar-refractivity contribution in [3.8, 4) is 0 Å². The fourth-order valence-corrected chi connectivity index (χ4v) is 4.73. The largest absolute Gasteiger partial charge is 0.448 e. The summed E-state index contributed by atoms with van der Waals surface area (Å²) in [6.45, 7) is 1.61. The maximum absolute atomic E-state index is 12.3. The summed E-state index contributed by atoms with van der Waals surface area (Å²) >= 11 is 1.50. The van der Waals surface area contributed by atoms with Crippen LogP contribution in [0.2, 0.25) is 0 Å². The van der Waals surface area contributed by atoms with Crippen LogP contribution in [-0.4, -0.2) is 18.0 Å². The lowest BCUT2D eigenvalue weighted by Gasteiger charge is -2.13. The van der Waals surface area contributed by atoms with Crippen LogP contribution < -0.4 is 5.32 Å².